The Morgan fingerprint density at radius 3 is 3.05 bits per heavy atom. The van der Waals surface area contributed by atoms with Crippen molar-refractivity contribution in [1.82, 2.24) is 0 Å². The summed E-state index contributed by atoms with van der Waals surface area (Å²) in [6.07, 6.45) is 7.09. The molecule has 1 heterocycles. The van der Waals surface area contributed by atoms with Crippen molar-refractivity contribution in [1.29, 1.82) is 5.26 Å². The number of hydrogen-bond donors (Lipinski definition) is 0. The van der Waals surface area contributed by atoms with Crippen molar-refractivity contribution in [2.24, 2.45) is 0 Å². The van der Waals surface area contributed by atoms with Crippen LogP contribution in [0.3, 0.4) is 0 Å². The Labute approximate surface area is 117 Å². The molecule has 2 aliphatic rings. The molecule has 0 atom stereocenters. The van der Waals surface area contributed by atoms with E-state index >= 15 is 0 Å². The summed E-state index contributed by atoms with van der Waals surface area (Å²) in [7, 11) is 0. The van der Waals surface area contributed by atoms with Crippen LogP contribution in [0.2, 0.25) is 0 Å². The van der Waals surface area contributed by atoms with Crippen LogP contribution < -0.4 is 4.74 Å². The minimum atomic E-state index is -0.293. The molecule has 20 heavy (non-hydrogen) atoms. The van der Waals surface area contributed by atoms with Crippen LogP contribution in [0.4, 0.5) is 4.39 Å². The molecule has 0 N–H and O–H groups in total. The van der Waals surface area contributed by atoms with Gasteiger partial charge in [0.05, 0.1) is 18.2 Å². The zero-order valence-electron chi connectivity index (χ0n) is 11.0. The van der Waals surface area contributed by atoms with Crippen molar-refractivity contribution in [3.8, 4) is 11.8 Å². The summed E-state index contributed by atoms with van der Waals surface area (Å²) in [6.45, 7) is 0.688. The first-order valence-electron chi connectivity index (χ1n) is 6.71. The zero-order valence-corrected chi connectivity index (χ0v) is 11.0. The maximum Gasteiger partial charge on any atom is 0.130 e. The number of ether oxygens (including phenoxy) is 1. The number of halogens is 1. The first kappa shape index (κ1) is 12.7. The quantitative estimate of drug-likeness (QED) is 0.767. The van der Waals surface area contributed by atoms with Gasteiger partial charge in [0.2, 0.25) is 0 Å². The van der Waals surface area contributed by atoms with E-state index in [0.717, 1.165) is 35.3 Å². The third-order valence-electron chi connectivity index (χ3n) is 3.53. The van der Waals surface area contributed by atoms with E-state index in [1.165, 1.54) is 6.08 Å². The van der Waals surface area contributed by atoms with E-state index in [2.05, 4.69) is 6.07 Å². The van der Waals surface area contributed by atoms with E-state index in [1.54, 1.807) is 6.08 Å². The van der Waals surface area contributed by atoms with E-state index in [-0.39, 0.29) is 12.2 Å². The minimum absolute atomic E-state index is 0.227. The van der Waals surface area contributed by atoms with Gasteiger partial charge in [-0.2, -0.15) is 5.26 Å². The van der Waals surface area contributed by atoms with Gasteiger partial charge in [0.25, 0.3) is 0 Å². The smallest absolute Gasteiger partial charge is 0.130 e. The number of allylic oxidation sites excluding steroid dienone is 6. The molecule has 3 heteroatoms. The molecule has 0 saturated carbocycles. The molecule has 100 valence electrons. The lowest BCUT2D eigenvalue weighted by atomic mass is 9.94. The third-order valence-corrected chi connectivity index (χ3v) is 3.53. The molecule has 3 rings (SSSR count). The van der Waals surface area contributed by atoms with Crippen LogP contribution in [-0.2, 0) is 6.42 Å². The monoisotopic (exact) mass is 267 g/mol. The highest BCUT2D eigenvalue weighted by Crippen LogP contribution is 2.36. The summed E-state index contributed by atoms with van der Waals surface area (Å²) in [5.41, 5.74) is 3.11. The fourth-order valence-electron chi connectivity index (χ4n) is 2.60. The van der Waals surface area contributed by atoms with Crippen molar-refractivity contribution in [3.63, 3.8) is 0 Å². The summed E-state index contributed by atoms with van der Waals surface area (Å²) in [5, 5.41) is 9.28. The summed E-state index contributed by atoms with van der Waals surface area (Å²) in [4.78, 5) is 0. The molecule has 0 fully saturated rings. The molecule has 1 aromatic carbocycles. The second-order valence-corrected chi connectivity index (χ2v) is 4.88. The van der Waals surface area contributed by atoms with Crippen LogP contribution in [0.25, 0.3) is 5.57 Å². The lowest BCUT2D eigenvalue weighted by Gasteiger charge is -2.21. The van der Waals surface area contributed by atoms with Gasteiger partial charge in [-0.25, -0.2) is 4.39 Å². The molecule has 0 bridgehead atoms. The van der Waals surface area contributed by atoms with Gasteiger partial charge in [0.15, 0.2) is 0 Å². The first-order chi connectivity index (χ1) is 9.79. The van der Waals surface area contributed by atoms with E-state index in [4.69, 9.17) is 4.74 Å². The second-order valence-electron chi connectivity index (χ2n) is 4.88. The Bertz CT molecular complexity index is 677. The highest BCUT2D eigenvalue weighted by atomic mass is 19.1. The predicted molar refractivity (Wildman–Crippen MR) is 75.7 cm³/mol. The minimum Gasteiger partial charge on any atom is -0.493 e. The molecule has 0 radical (unpaired) electrons. The van der Waals surface area contributed by atoms with E-state index in [9.17, 15) is 9.65 Å². The molecule has 0 saturated heterocycles. The van der Waals surface area contributed by atoms with Gasteiger partial charge in [-0.15, -0.1) is 0 Å². The molecular formula is C17H14FNO. The Morgan fingerprint density at radius 1 is 1.30 bits per heavy atom. The van der Waals surface area contributed by atoms with Crippen molar-refractivity contribution < 1.29 is 9.13 Å². The average Bonchev–Trinajstić information content (AvgIpc) is 2.68. The largest absolute Gasteiger partial charge is 0.493 e. The Kier molecular flexibility index (Phi) is 3.39. The lowest BCUT2D eigenvalue weighted by molar-refractivity contribution is 0.287. The van der Waals surface area contributed by atoms with Gasteiger partial charge < -0.3 is 4.74 Å². The highest BCUT2D eigenvalue weighted by molar-refractivity contribution is 5.85. The third kappa shape index (κ3) is 2.25. The molecule has 1 aliphatic carbocycles. The average molecular weight is 267 g/mol. The van der Waals surface area contributed by atoms with Crippen LogP contribution in [0.5, 0.6) is 5.75 Å². The number of fused-ring (bicyclic) bond motifs is 1. The number of nitrogens with zero attached hydrogens (tertiary/aromatic N) is 1. The summed E-state index contributed by atoms with van der Waals surface area (Å²) >= 11 is 0. The first-order valence-corrected chi connectivity index (χ1v) is 6.71. The molecule has 1 aliphatic heterocycles. The Morgan fingerprint density at radius 2 is 2.20 bits per heavy atom. The molecule has 1 aromatic rings. The topological polar surface area (TPSA) is 33.0 Å². The lowest BCUT2D eigenvalue weighted by Crippen LogP contribution is -2.10. The van der Waals surface area contributed by atoms with Crippen LogP contribution in [-0.4, -0.2) is 6.61 Å². The van der Waals surface area contributed by atoms with Crippen molar-refractivity contribution >= 4 is 5.57 Å². The van der Waals surface area contributed by atoms with E-state index in [0.29, 0.717) is 12.2 Å². The van der Waals surface area contributed by atoms with Gasteiger partial charge in [0.1, 0.15) is 11.6 Å². The SMILES string of the molecule is N#CC1=C(c2cccc3c2OCCC3)C=CCC(F)=C1. The maximum absolute atomic E-state index is 13.5. The molecule has 2 nitrogen and oxygen atoms in total. The highest BCUT2D eigenvalue weighted by Gasteiger charge is 2.18. The Hall–Kier alpha value is -2.34. The van der Waals surface area contributed by atoms with Gasteiger partial charge in [-0.1, -0.05) is 30.4 Å². The zero-order chi connectivity index (χ0) is 13.9. The van der Waals surface area contributed by atoms with Crippen LogP contribution >= 0.6 is 0 Å². The van der Waals surface area contributed by atoms with E-state index in [1.807, 2.05) is 24.3 Å². The van der Waals surface area contributed by atoms with Crippen molar-refractivity contribution in [3.05, 3.63) is 59.0 Å². The number of nitriles is 1. The normalized spacial score (nSPS) is 17.7. The van der Waals surface area contributed by atoms with Crippen molar-refractivity contribution in [2.75, 3.05) is 6.61 Å². The molecule has 0 unspecified atom stereocenters. The fourth-order valence-corrected chi connectivity index (χ4v) is 2.60. The second kappa shape index (κ2) is 5.34. The predicted octanol–water partition coefficient (Wildman–Crippen LogP) is 4.10. The number of benzene rings is 1. The summed E-state index contributed by atoms with van der Waals surface area (Å²) < 4.78 is 19.3. The molecule has 0 spiro atoms. The van der Waals surface area contributed by atoms with Gasteiger partial charge >= 0.3 is 0 Å². The van der Waals surface area contributed by atoms with Crippen LogP contribution in [0, 0.1) is 11.3 Å². The summed E-state index contributed by atoms with van der Waals surface area (Å²) in [5.74, 6) is 0.542. The number of rotatable bonds is 1. The maximum atomic E-state index is 13.5. The van der Waals surface area contributed by atoms with Crippen molar-refractivity contribution in [2.45, 2.75) is 19.3 Å². The van der Waals surface area contributed by atoms with Crippen LogP contribution in [0.15, 0.2) is 47.8 Å². The molecule has 0 amide bonds. The van der Waals surface area contributed by atoms with E-state index < -0.39 is 0 Å². The number of hydrogen-bond acceptors (Lipinski definition) is 2. The molecular weight excluding hydrogens is 253 g/mol. The van der Waals surface area contributed by atoms with Crippen LogP contribution in [0.1, 0.15) is 24.0 Å². The summed E-state index contributed by atoms with van der Waals surface area (Å²) in [6, 6.07) is 8.02. The van der Waals surface area contributed by atoms with Gasteiger partial charge in [0, 0.05) is 17.6 Å². The Balaban J connectivity index is 2.20. The van der Waals surface area contributed by atoms with Gasteiger partial charge in [-0.05, 0) is 24.5 Å². The molecule has 0 aromatic heterocycles. The fraction of sp³-hybridized carbons (Fsp3) is 0.235. The number of aryl methyl sites for hydroxylation is 1. The standard InChI is InChI=1S/C17H14FNO/c18-14-6-2-7-15(13(10-14)11-19)16-8-1-4-12-5-3-9-20-17(12)16/h1-2,4,7-8,10H,3,5-6,9H2. The number of para-hydroxylation sites is 1. The van der Waals surface area contributed by atoms with Gasteiger partial charge in [-0.3, -0.25) is 0 Å².